The van der Waals surface area contributed by atoms with E-state index in [9.17, 15) is 4.79 Å². The molecule has 0 aliphatic carbocycles. The van der Waals surface area contributed by atoms with Gasteiger partial charge in [-0.15, -0.1) is 10.2 Å². The van der Waals surface area contributed by atoms with Gasteiger partial charge in [0.1, 0.15) is 17.8 Å². The van der Waals surface area contributed by atoms with E-state index in [1.165, 1.54) is 11.3 Å². The molecule has 0 aliphatic heterocycles. The van der Waals surface area contributed by atoms with E-state index in [0.717, 1.165) is 32.8 Å². The molecule has 1 aromatic carbocycles. The van der Waals surface area contributed by atoms with Gasteiger partial charge in [-0.05, 0) is 30.3 Å². The number of benzene rings is 1. The summed E-state index contributed by atoms with van der Waals surface area (Å²) < 4.78 is 11.4. The zero-order valence-electron chi connectivity index (χ0n) is 12.9. The van der Waals surface area contributed by atoms with Crippen LogP contribution in [0, 0.1) is 0 Å². The van der Waals surface area contributed by atoms with Gasteiger partial charge in [0.15, 0.2) is 4.34 Å². The molecule has 0 radical (unpaired) electrons. The average Bonchev–Trinajstić information content (AvgIpc) is 3.29. The van der Waals surface area contributed by atoms with Gasteiger partial charge in [0.05, 0.1) is 19.9 Å². The van der Waals surface area contributed by atoms with E-state index in [4.69, 9.17) is 9.15 Å². The van der Waals surface area contributed by atoms with Gasteiger partial charge in [-0.25, -0.2) is 0 Å². The predicted molar refractivity (Wildman–Crippen MR) is 93.9 cm³/mol. The van der Waals surface area contributed by atoms with E-state index in [0.29, 0.717) is 17.9 Å². The number of aldehydes is 1. The Hall–Kier alpha value is -2.32. The summed E-state index contributed by atoms with van der Waals surface area (Å²) >= 11 is 3.03. The maximum Gasteiger partial charge on any atom is 0.206 e. The maximum atomic E-state index is 10.9. The Bertz CT molecular complexity index is 803. The average molecular weight is 361 g/mol. The highest BCUT2D eigenvalue weighted by molar-refractivity contribution is 8.00. The van der Waals surface area contributed by atoms with Crippen molar-refractivity contribution in [3.8, 4) is 5.75 Å². The molecule has 0 unspecified atom stereocenters. The largest absolute Gasteiger partial charge is 0.496 e. The molecule has 2 heterocycles. The molecular formula is C16H15N3O3S2. The van der Waals surface area contributed by atoms with Crippen molar-refractivity contribution in [2.75, 3.05) is 12.4 Å². The summed E-state index contributed by atoms with van der Waals surface area (Å²) in [5.74, 6) is 2.25. The summed E-state index contributed by atoms with van der Waals surface area (Å²) in [5, 5.41) is 12.2. The molecule has 0 aliphatic rings. The first kappa shape index (κ1) is 16.5. The van der Waals surface area contributed by atoms with Gasteiger partial charge in [0.25, 0.3) is 0 Å². The highest BCUT2D eigenvalue weighted by Crippen LogP contribution is 2.31. The molecule has 0 amide bonds. The third-order valence-corrected chi connectivity index (χ3v) is 5.26. The summed E-state index contributed by atoms with van der Waals surface area (Å²) in [4.78, 5) is 10.9. The standard InChI is InChI=1S/C16H15N3O3S2/c1-21-14-5-4-11(9-20)7-12(14)10-23-16-19-18-15(24-16)17-8-13-3-2-6-22-13/h2-7,9H,8,10H2,1H3,(H,17,18). The Balaban J connectivity index is 1.60. The van der Waals surface area contributed by atoms with Crippen LogP contribution in [0.4, 0.5) is 5.13 Å². The lowest BCUT2D eigenvalue weighted by Crippen LogP contribution is -1.96. The molecule has 3 aromatic rings. The van der Waals surface area contributed by atoms with E-state index in [2.05, 4.69) is 15.5 Å². The summed E-state index contributed by atoms with van der Waals surface area (Å²) in [6.45, 7) is 0.571. The van der Waals surface area contributed by atoms with Crippen molar-refractivity contribution in [1.82, 2.24) is 10.2 Å². The van der Waals surface area contributed by atoms with Gasteiger partial charge < -0.3 is 14.5 Å². The van der Waals surface area contributed by atoms with Gasteiger partial charge in [-0.3, -0.25) is 4.79 Å². The molecule has 8 heteroatoms. The lowest BCUT2D eigenvalue weighted by molar-refractivity contribution is 0.112. The molecule has 0 fully saturated rings. The van der Waals surface area contributed by atoms with Crippen LogP contribution in [0.15, 0.2) is 45.4 Å². The number of thioether (sulfide) groups is 1. The van der Waals surface area contributed by atoms with Crippen LogP contribution in [0.1, 0.15) is 21.7 Å². The number of ether oxygens (including phenoxy) is 1. The first-order valence-corrected chi connectivity index (χ1v) is 8.93. The smallest absolute Gasteiger partial charge is 0.206 e. The number of carbonyl (C=O) groups is 1. The lowest BCUT2D eigenvalue weighted by Gasteiger charge is -2.07. The Morgan fingerprint density at radius 1 is 1.38 bits per heavy atom. The fraction of sp³-hybridized carbons (Fsp3) is 0.188. The van der Waals surface area contributed by atoms with Gasteiger partial charge in [0, 0.05) is 16.9 Å². The number of rotatable bonds is 8. The Kier molecular flexibility index (Phi) is 5.50. The highest BCUT2D eigenvalue weighted by Gasteiger charge is 2.09. The zero-order chi connectivity index (χ0) is 16.8. The highest BCUT2D eigenvalue weighted by atomic mass is 32.2. The zero-order valence-corrected chi connectivity index (χ0v) is 14.5. The van der Waals surface area contributed by atoms with Gasteiger partial charge in [0.2, 0.25) is 5.13 Å². The molecule has 0 spiro atoms. The molecule has 0 atom stereocenters. The Morgan fingerprint density at radius 2 is 2.29 bits per heavy atom. The molecule has 0 bridgehead atoms. The molecule has 0 saturated heterocycles. The number of aromatic nitrogens is 2. The normalized spacial score (nSPS) is 10.5. The third kappa shape index (κ3) is 4.15. The number of hydrogen-bond acceptors (Lipinski definition) is 8. The van der Waals surface area contributed by atoms with Crippen LogP contribution in [-0.4, -0.2) is 23.6 Å². The molecule has 1 N–H and O–H groups in total. The van der Waals surface area contributed by atoms with Crippen molar-refractivity contribution in [1.29, 1.82) is 0 Å². The Labute approximate surface area is 147 Å². The van der Waals surface area contributed by atoms with E-state index in [1.54, 1.807) is 37.3 Å². The quantitative estimate of drug-likeness (QED) is 0.482. The number of methoxy groups -OCH3 is 1. The SMILES string of the molecule is COc1ccc(C=O)cc1CSc1nnc(NCc2ccco2)s1. The first-order chi connectivity index (χ1) is 11.8. The summed E-state index contributed by atoms with van der Waals surface area (Å²) in [7, 11) is 1.62. The maximum absolute atomic E-state index is 10.9. The topological polar surface area (TPSA) is 77.2 Å². The molecule has 6 nitrogen and oxygen atoms in total. The second-order valence-electron chi connectivity index (χ2n) is 4.78. The number of carbonyl (C=O) groups excluding carboxylic acids is 1. The van der Waals surface area contributed by atoms with Crippen LogP contribution >= 0.6 is 23.1 Å². The molecule has 2 aromatic heterocycles. The monoisotopic (exact) mass is 361 g/mol. The van der Waals surface area contributed by atoms with Gasteiger partial charge in [-0.2, -0.15) is 0 Å². The summed E-state index contributed by atoms with van der Waals surface area (Å²) in [6.07, 6.45) is 2.47. The fourth-order valence-electron chi connectivity index (χ4n) is 2.04. The van der Waals surface area contributed by atoms with E-state index in [-0.39, 0.29) is 0 Å². The number of anilines is 1. The number of hydrogen-bond donors (Lipinski definition) is 1. The van der Waals surface area contributed by atoms with Crippen molar-refractivity contribution in [3.05, 3.63) is 53.5 Å². The third-order valence-electron chi connectivity index (χ3n) is 3.19. The van der Waals surface area contributed by atoms with Gasteiger partial charge >= 0.3 is 0 Å². The first-order valence-electron chi connectivity index (χ1n) is 7.13. The van der Waals surface area contributed by atoms with Crippen LogP contribution in [0.5, 0.6) is 5.75 Å². The van der Waals surface area contributed by atoms with Crippen molar-refractivity contribution in [3.63, 3.8) is 0 Å². The van der Waals surface area contributed by atoms with Crippen molar-refractivity contribution in [2.45, 2.75) is 16.6 Å². The van der Waals surface area contributed by atoms with Crippen molar-refractivity contribution < 1.29 is 13.9 Å². The van der Waals surface area contributed by atoms with Crippen LogP contribution in [0.25, 0.3) is 0 Å². The minimum absolute atomic E-state index is 0.571. The second-order valence-corrected chi connectivity index (χ2v) is 6.98. The second kappa shape index (κ2) is 7.98. The summed E-state index contributed by atoms with van der Waals surface area (Å²) in [6, 6.07) is 9.11. The van der Waals surface area contributed by atoms with Crippen LogP contribution < -0.4 is 10.1 Å². The Morgan fingerprint density at radius 3 is 3.04 bits per heavy atom. The van der Waals surface area contributed by atoms with Crippen LogP contribution in [0.3, 0.4) is 0 Å². The summed E-state index contributed by atoms with van der Waals surface area (Å²) in [5.41, 5.74) is 1.58. The predicted octanol–water partition coefficient (Wildman–Crippen LogP) is 3.86. The molecule has 0 saturated carbocycles. The van der Waals surface area contributed by atoms with Crippen LogP contribution in [0.2, 0.25) is 0 Å². The van der Waals surface area contributed by atoms with E-state index in [1.807, 2.05) is 18.2 Å². The van der Waals surface area contributed by atoms with Crippen molar-refractivity contribution >= 4 is 34.5 Å². The number of nitrogens with one attached hydrogen (secondary N) is 1. The number of furan rings is 1. The minimum Gasteiger partial charge on any atom is -0.496 e. The molecular weight excluding hydrogens is 346 g/mol. The molecule has 124 valence electrons. The molecule has 24 heavy (non-hydrogen) atoms. The van der Waals surface area contributed by atoms with Crippen LogP contribution in [-0.2, 0) is 12.3 Å². The minimum atomic E-state index is 0.571. The van der Waals surface area contributed by atoms with Gasteiger partial charge in [-0.1, -0.05) is 23.1 Å². The molecule has 3 rings (SSSR count). The van der Waals surface area contributed by atoms with Crippen molar-refractivity contribution in [2.24, 2.45) is 0 Å². The van der Waals surface area contributed by atoms with E-state index < -0.39 is 0 Å². The van der Waals surface area contributed by atoms with E-state index >= 15 is 0 Å². The number of nitrogens with zero attached hydrogens (tertiary/aromatic N) is 2. The lowest BCUT2D eigenvalue weighted by atomic mass is 10.1. The fourth-order valence-corrected chi connectivity index (χ4v) is 3.76.